The molecule has 212 valence electrons. The van der Waals surface area contributed by atoms with E-state index in [9.17, 15) is 9.59 Å². The number of H-pyrrole nitrogens is 1. The normalized spacial score (nSPS) is 20.2. The van der Waals surface area contributed by atoms with Gasteiger partial charge in [-0.1, -0.05) is 61.5 Å². The van der Waals surface area contributed by atoms with E-state index in [-0.39, 0.29) is 24.3 Å². The van der Waals surface area contributed by atoms with Crippen molar-refractivity contribution in [3.8, 4) is 11.5 Å². The number of aromatic amines is 1. The van der Waals surface area contributed by atoms with Crippen molar-refractivity contribution in [1.82, 2.24) is 14.8 Å². The molecule has 6 rings (SSSR count). The summed E-state index contributed by atoms with van der Waals surface area (Å²) < 4.78 is 11.6. The molecule has 3 heterocycles. The minimum absolute atomic E-state index is 0.0303. The van der Waals surface area contributed by atoms with Crippen LogP contribution in [0.4, 0.5) is 0 Å². The lowest BCUT2D eigenvalue weighted by molar-refractivity contribution is -0.166. The smallest absolute Gasteiger partial charge is 0.254 e. The Balaban J connectivity index is 1.38. The highest BCUT2D eigenvalue weighted by molar-refractivity contribution is 6.01. The van der Waals surface area contributed by atoms with Gasteiger partial charge >= 0.3 is 0 Å². The van der Waals surface area contributed by atoms with Crippen molar-refractivity contribution in [3.63, 3.8) is 0 Å². The first kappa shape index (κ1) is 26.9. The molecular formula is C34H37N3O4. The average molecular weight is 552 g/mol. The minimum atomic E-state index is -1.11. The van der Waals surface area contributed by atoms with E-state index in [1.165, 1.54) is 5.56 Å². The summed E-state index contributed by atoms with van der Waals surface area (Å²) in [6.45, 7) is 5.63. The molecule has 0 aliphatic carbocycles. The molecule has 2 aliphatic heterocycles. The number of piperazine rings is 1. The Bertz CT molecular complexity index is 1580. The van der Waals surface area contributed by atoms with Crippen LogP contribution in [0.5, 0.6) is 11.5 Å². The van der Waals surface area contributed by atoms with Gasteiger partial charge in [-0.3, -0.25) is 9.59 Å². The van der Waals surface area contributed by atoms with E-state index in [1.807, 2.05) is 55.5 Å². The summed E-state index contributed by atoms with van der Waals surface area (Å²) in [4.78, 5) is 35.2. The Labute approximate surface area is 241 Å². The van der Waals surface area contributed by atoms with E-state index >= 15 is 0 Å². The molecular weight excluding hydrogens is 514 g/mol. The number of nitrogens with one attached hydrogen (secondary N) is 1. The molecule has 2 amide bonds. The maximum absolute atomic E-state index is 14.3. The number of nitrogens with zero attached hydrogens (tertiary/aromatic N) is 2. The molecule has 41 heavy (non-hydrogen) atoms. The van der Waals surface area contributed by atoms with Gasteiger partial charge in [-0.15, -0.1) is 0 Å². The number of hydrogen-bond donors (Lipinski definition) is 1. The number of amides is 2. The van der Waals surface area contributed by atoms with Gasteiger partial charge in [-0.05, 0) is 61.1 Å². The second-order valence-corrected chi connectivity index (χ2v) is 11.2. The van der Waals surface area contributed by atoms with Gasteiger partial charge in [0.1, 0.15) is 0 Å². The lowest BCUT2D eigenvalue weighted by Gasteiger charge is -2.51. The van der Waals surface area contributed by atoms with Crippen LogP contribution in [0.25, 0.3) is 10.9 Å². The van der Waals surface area contributed by atoms with E-state index < -0.39 is 5.54 Å². The highest BCUT2D eigenvalue weighted by Gasteiger charge is 2.56. The fraction of sp³-hybridized carbons (Fsp3) is 0.353. The molecule has 7 heteroatoms. The third-order valence-electron chi connectivity index (χ3n) is 8.61. The van der Waals surface area contributed by atoms with Crippen LogP contribution in [-0.2, 0) is 21.5 Å². The number of carbonyl (C=O) groups is 2. The molecule has 3 aromatic carbocycles. The van der Waals surface area contributed by atoms with E-state index in [0.717, 1.165) is 47.0 Å². The van der Waals surface area contributed by atoms with Crippen LogP contribution < -0.4 is 9.47 Å². The topological polar surface area (TPSA) is 74.9 Å². The van der Waals surface area contributed by atoms with Gasteiger partial charge in [0.2, 0.25) is 5.91 Å². The third kappa shape index (κ3) is 4.63. The van der Waals surface area contributed by atoms with Gasteiger partial charge in [0.25, 0.3) is 5.91 Å². The molecule has 1 saturated heterocycles. The maximum atomic E-state index is 14.3. The molecule has 0 saturated carbocycles. The molecule has 1 unspecified atom stereocenters. The Hall–Kier alpha value is -4.26. The van der Waals surface area contributed by atoms with Crippen LogP contribution in [0.1, 0.15) is 55.0 Å². The fourth-order valence-corrected chi connectivity index (χ4v) is 6.51. The lowest BCUT2D eigenvalue weighted by Crippen LogP contribution is -2.67. The summed E-state index contributed by atoms with van der Waals surface area (Å²) in [5.41, 5.74) is 3.96. The SMILES string of the molecule is CCCOc1ccc(C2CN3C(=O)CN(CCCc4ccccc4)C(=O)[C@]3(C)c3[nH]c4ccccc4c32)cc1OC. The highest BCUT2D eigenvalue weighted by atomic mass is 16.5. The molecule has 1 N–H and O–H groups in total. The zero-order valence-corrected chi connectivity index (χ0v) is 24.0. The Morgan fingerprint density at radius 2 is 1.78 bits per heavy atom. The Kier molecular flexibility index (Phi) is 7.20. The number of aryl methyl sites for hydroxylation is 1. The van der Waals surface area contributed by atoms with Crippen molar-refractivity contribution in [2.45, 2.75) is 44.6 Å². The summed E-state index contributed by atoms with van der Waals surface area (Å²) >= 11 is 0. The van der Waals surface area contributed by atoms with E-state index in [4.69, 9.17) is 9.47 Å². The van der Waals surface area contributed by atoms with Crippen LogP contribution in [0.2, 0.25) is 0 Å². The van der Waals surface area contributed by atoms with Crippen molar-refractivity contribution in [3.05, 3.63) is 95.2 Å². The number of para-hydroxylation sites is 1. The first-order chi connectivity index (χ1) is 20.0. The number of hydrogen-bond acceptors (Lipinski definition) is 4. The molecule has 0 spiro atoms. The summed E-state index contributed by atoms with van der Waals surface area (Å²) in [6.07, 6.45) is 2.56. The third-order valence-corrected chi connectivity index (χ3v) is 8.61. The van der Waals surface area contributed by atoms with Crippen LogP contribution >= 0.6 is 0 Å². The summed E-state index contributed by atoms with van der Waals surface area (Å²) in [6, 6.07) is 24.4. The summed E-state index contributed by atoms with van der Waals surface area (Å²) in [5, 5.41) is 1.07. The van der Waals surface area contributed by atoms with Crippen molar-refractivity contribution in [2.24, 2.45) is 0 Å². The van der Waals surface area contributed by atoms with Crippen molar-refractivity contribution >= 4 is 22.7 Å². The second-order valence-electron chi connectivity index (χ2n) is 11.2. The zero-order valence-electron chi connectivity index (χ0n) is 24.0. The molecule has 2 aliphatic rings. The van der Waals surface area contributed by atoms with Crippen molar-refractivity contribution in [2.75, 3.05) is 33.4 Å². The maximum Gasteiger partial charge on any atom is 0.254 e. The number of methoxy groups -OCH3 is 1. The fourth-order valence-electron chi connectivity index (χ4n) is 6.51. The molecule has 0 bridgehead atoms. The first-order valence-corrected chi connectivity index (χ1v) is 14.5. The van der Waals surface area contributed by atoms with Gasteiger partial charge in [-0.25, -0.2) is 0 Å². The quantitative estimate of drug-likeness (QED) is 0.293. The number of ether oxygens (including phenoxy) is 2. The number of benzene rings is 3. The van der Waals surface area contributed by atoms with Gasteiger partial charge < -0.3 is 24.3 Å². The predicted octanol–water partition coefficient (Wildman–Crippen LogP) is 5.63. The number of aromatic nitrogens is 1. The molecule has 1 aromatic heterocycles. The van der Waals surface area contributed by atoms with Crippen LogP contribution in [0.3, 0.4) is 0 Å². The average Bonchev–Trinajstić information content (AvgIpc) is 3.40. The lowest BCUT2D eigenvalue weighted by atomic mass is 9.76. The second kappa shape index (κ2) is 11.0. The first-order valence-electron chi connectivity index (χ1n) is 14.5. The Morgan fingerprint density at radius 1 is 1.00 bits per heavy atom. The molecule has 2 atom stereocenters. The largest absolute Gasteiger partial charge is 0.493 e. The van der Waals surface area contributed by atoms with Gasteiger partial charge in [-0.2, -0.15) is 0 Å². The van der Waals surface area contributed by atoms with Crippen LogP contribution in [0, 0.1) is 0 Å². The van der Waals surface area contributed by atoms with Crippen LogP contribution in [0.15, 0.2) is 72.8 Å². The van der Waals surface area contributed by atoms with E-state index in [1.54, 1.807) is 16.9 Å². The predicted molar refractivity (Wildman–Crippen MR) is 159 cm³/mol. The molecule has 7 nitrogen and oxygen atoms in total. The van der Waals surface area contributed by atoms with Crippen molar-refractivity contribution < 1.29 is 19.1 Å². The van der Waals surface area contributed by atoms with Crippen molar-refractivity contribution in [1.29, 1.82) is 0 Å². The zero-order chi connectivity index (χ0) is 28.6. The summed E-state index contributed by atoms with van der Waals surface area (Å²) in [5.74, 6) is 1.17. The van der Waals surface area contributed by atoms with Crippen LogP contribution in [-0.4, -0.2) is 59.9 Å². The van der Waals surface area contributed by atoms with Gasteiger partial charge in [0, 0.05) is 29.9 Å². The van der Waals surface area contributed by atoms with Gasteiger partial charge in [0.05, 0.1) is 26.0 Å². The Morgan fingerprint density at radius 3 is 2.56 bits per heavy atom. The summed E-state index contributed by atoms with van der Waals surface area (Å²) in [7, 11) is 1.65. The number of fused-ring (bicyclic) bond motifs is 5. The van der Waals surface area contributed by atoms with E-state index in [2.05, 4.69) is 36.2 Å². The van der Waals surface area contributed by atoms with Gasteiger partial charge in [0.15, 0.2) is 17.0 Å². The standard InChI is InChI=1S/C34H37N3O4/c1-4-19-41-28-17-16-24(20-29(28)40-3)26-21-37-30(38)22-36(18-10-13-23-11-6-5-7-12-23)33(39)34(37,2)32-31(26)25-14-8-9-15-27(25)35-32/h5-9,11-12,14-17,20,26,35H,4,10,13,18-19,21-22H2,1-3H3/t26?,34-/m0/s1. The minimum Gasteiger partial charge on any atom is -0.493 e. The molecule has 0 radical (unpaired) electrons. The monoisotopic (exact) mass is 551 g/mol. The number of carbonyl (C=O) groups excluding carboxylic acids is 2. The molecule has 1 fully saturated rings. The molecule has 4 aromatic rings. The number of rotatable bonds is 9. The van der Waals surface area contributed by atoms with E-state index in [0.29, 0.717) is 31.2 Å². The highest BCUT2D eigenvalue weighted by Crippen LogP contribution is 2.49.